The Labute approximate surface area is 372 Å². The molecule has 4 aliphatic heterocycles. The molecule has 6 heterocycles. The van der Waals surface area contributed by atoms with Crippen LogP contribution in [0, 0.1) is 5.41 Å². The van der Waals surface area contributed by atoms with Crippen LogP contribution >= 0.6 is 0 Å². The number of methoxy groups -OCH3 is 1. The molecule has 4 saturated heterocycles. The Bertz CT molecular complexity index is 2060. The van der Waals surface area contributed by atoms with E-state index in [1.54, 1.807) is 27.9 Å². The van der Waals surface area contributed by atoms with Crippen LogP contribution in [0.3, 0.4) is 0 Å². The highest BCUT2D eigenvalue weighted by Crippen LogP contribution is 2.43. The zero-order chi connectivity index (χ0) is 44.9. The Hall–Kier alpha value is -4.32. The van der Waals surface area contributed by atoms with Crippen molar-refractivity contribution in [3.8, 4) is 11.3 Å². The van der Waals surface area contributed by atoms with Gasteiger partial charge in [0.25, 0.3) is 0 Å². The van der Waals surface area contributed by atoms with Gasteiger partial charge in [0.1, 0.15) is 17.9 Å². The highest BCUT2D eigenvalue weighted by atomic mass is 16.6. The fourth-order valence-corrected chi connectivity index (χ4v) is 9.39. The molecule has 3 N–H and O–H groups in total. The molecule has 16 heteroatoms. The number of alkyl carbamates (subject to hydrolysis) is 1. The maximum Gasteiger partial charge on any atom is 0.408 e. The molecule has 0 radical (unpaired) electrons. The summed E-state index contributed by atoms with van der Waals surface area (Å²) >= 11 is 0. The minimum absolute atomic E-state index is 0.245. The Morgan fingerprint density at radius 1 is 1.05 bits per heavy atom. The number of aldehydes is 1. The Balaban J connectivity index is 1.26. The van der Waals surface area contributed by atoms with Crippen molar-refractivity contribution in [2.45, 2.75) is 117 Å². The highest BCUT2D eigenvalue weighted by molar-refractivity contribution is 5.95. The predicted molar refractivity (Wildman–Crippen MR) is 243 cm³/mol. The molecule has 1 amide bonds. The van der Waals surface area contributed by atoms with Crippen LogP contribution in [-0.2, 0) is 46.2 Å². The lowest BCUT2D eigenvalue weighted by Gasteiger charge is -2.44. The van der Waals surface area contributed by atoms with Gasteiger partial charge >= 0.3 is 12.1 Å². The Kier molecular flexibility index (Phi) is 15.0. The number of nitrogens with zero attached hydrogens (tertiary/aromatic N) is 5. The smallest absolute Gasteiger partial charge is 0.408 e. The van der Waals surface area contributed by atoms with E-state index < -0.39 is 23.2 Å². The molecule has 346 valence electrons. The number of aromatic nitrogens is 2. The number of anilines is 2. The second-order valence-electron chi connectivity index (χ2n) is 19.3. The largest absolute Gasteiger partial charge is 0.464 e. The molecule has 5 atom stereocenters. The third-order valence-electron chi connectivity index (χ3n) is 12.7. The van der Waals surface area contributed by atoms with E-state index in [0.717, 1.165) is 110 Å². The first kappa shape index (κ1) is 46.7. The van der Waals surface area contributed by atoms with Crippen molar-refractivity contribution in [2.24, 2.45) is 5.41 Å². The maximum absolute atomic E-state index is 13.3. The van der Waals surface area contributed by atoms with Crippen molar-refractivity contribution >= 4 is 40.6 Å². The van der Waals surface area contributed by atoms with E-state index in [0.29, 0.717) is 45.1 Å². The number of benzene rings is 1. The third kappa shape index (κ3) is 11.3. The zero-order valence-electron chi connectivity index (χ0n) is 38.7. The van der Waals surface area contributed by atoms with E-state index >= 15 is 0 Å². The van der Waals surface area contributed by atoms with Gasteiger partial charge in [-0.3, -0.25) is 20.1 Å². The van der Waals surface area contributed by atoms with Gasteiger partial charge in [-0.2, -0.15) is 0 Å². The number of ether oxygens (including phenoxy) is 5. The number of amides is 1. The summed E-state index contributed by atoms with van der Waals surface area (Å²) in [6.45, 7) is 22.6. The van der Waals surface area contributed by atoms with Crippen molar-refractivity contribution in [3.63, 3.8) is 0 Å². The molecular weight excluding hydrogens is 805 g/mol. The molecule has 3 aromatic rings. The first-order valence-corrected chi connectivity index (χ1v) is 22.9. The fourth-order valence-electron chi connectivity index (χ4n) is 9.39. The average molecular weight is 875 g/mol. The van der Waals surface area contributed by atoms with Crippen LogP contribution in [0.5, 0.6) is 0 Å². The van der Waals surface area contributed by atoms with Crippen LogP contribution in [0.25, 0.3) is 22.2 Å². The summed E-state index contributed by atoms with van der Waals surface area (Å²) in [5.41, 5.74) is 12.4. The molecule has 16 nitrogen and oxygen atoms in total. The van der Waals surface area contributed by atoms with E-state index in [2.05, 4.69) is 80.5 Å². The zero-order valence-corrected chi connectivity index (χ0v) is 38.7. The highest BCUT2D eigenvalue weighted by Gasteiger charge is 2.34. The lowest BCUT2D eigenvalue weighted by Crippen LogP contribution is -2.58. The lowest BCUT2D eigenvalue weighted by molar-refractivity contribution is -0.150. The first-order valence-electron chi connectivity index (χ1n) is 22.9. The summed E-state index contributed by atoms with van der Waals surface area (Å²) in [5, 5.41) is 3.81. The molecule has 4 fully saturated rings. The van der Waals surface area contributed by atoms with Crippen LogP contribution in [0.2, 0.25) is 0 Å². The van der Waals surface area contributed by atoms with Crippen LogP contribution < -0.4 is 26.0 Å². The van der Waals surface area contributed by atoms with Gasteiger partial charge < -0.3 is 48.2 Å². The molecule has 0 spiro atoms. The maximum atomic E-state index is 13.3. The summed E-state index contributed by atoms with van der Waals surface area (Å²) in [4.78, 5) is 50.4. The standard InChI is InChI=1S/C47H70N8O8/c1-9-55-41-13-12-33(54-18-20-61-36(27-54)21-32(28-56)50-45(58)63-46(3,4)5)22-37(41)39(24-47(6,7)30-62-44(57)40-11-10-14-49-51-40)43(55)38-23-34(25-48-42(38)31(2)59-8)53-16-15-52-17-19-60-29-35(52)26-53/h12-13,22-23,25,28,31-32,35-36,40,49,51H,9-11,14-21,24,26-27,29-30H2,1-8H3,(H,50,58)/t31-,32-,35-,36-,40?/m0/s1. The molecule has 1 aromatic carbocycles. The van der Waals surface area contributed by atoms with E-state index in [1.165, 1.54) is 0 Å². The van der Waals surface area contributed by atoms with Crippen LogP contribution in [0.15, 0.2) is 30.5 Å². The van der Waals surface area contributed by atoms with E-state index in [1.807, 2.05) is 13.1 Å². The van der Waals surface area contributed by atoms with Gasteiger partial charge in [-0.05, 0) is 83.7 Å². The van der Waals surface area contributed by atoms with Crippen LogP contribution in [-0.4, -0.2) is 142 Å². The van der Waals surface area contributed by atoms with Gasteiger partial charge in [0.2, 0.25) is 0 Å². The summed E-state index contributed by atoms with van der Waals surface area (Å²) < 4.78 is 31.9. The molecule has 1 unspecified atom stereocenters. The van der Waals surface area contributed by atoms with Crippen molar-refractivity contribution in [1.29, 1.82) is 0 Å². The van der Waals surface area contributed by atoms with E-state index in [9.17, 15) is 14.4 Å². The second kappa shape index (κ2) is 20.2. The average Bonchev–Trinajstić information content (AvgIpc) is 3.58. The second-order valence-corrected chi connectivity index (χ2v) is 19.3. The quantitative estimate of drug-likeness (QED) is 0.138. The minimum atomic E-state index is -0.755. The Morgan fingerprint density at radius 2 is 1.86 bits per heavy atom. The molecule has 2 aromatic heterocycles. The minimum Gasteiger partial charge on any atom is -0.464 e. The van der Waals surface area contributed by atoms with Crippen LogP contribution in [0.1, 0.15) is 85.1 Å². The molecule has 63 heavy (non-hydrogen) atoms. The number of hydrogen-bond donors (Lipinski definition) is 3. The predicted octanol–water partition coefficient (Wildman–Crippen LogP) is 5.01. The van der Waals surface area contributed by atoms with Gasteiger partial charge in [0.15, 0.2) is 0 Å². The van der Waals surface area contributed by atoms with Crippen molar-refractivity contribution in [2.75, 3.05) is 89.2 Å². The van der Waals surface area contributed by atoms with Crippen molar-refractivity contribution in [1.82, 2.24) is 30.6 Å². The van der Waals surface area contributed by atoms with Crippen molar-refractivity contribution < 1.29 is 38.1 Å². The number of aryl methyl sites for hydroxylation is 1. The number of hydrogen-bond acceptors (Lipinski definition) is 14. The SMILES string of the molecule is CCn1c(-c2cc(N3CCN4CCOC[C@@H]4C3)cnc2[C@H](C)OC)c(CC(C)(C)COC(=O)C2CCCNN2)c2cc(N3CCO[C@@H](C[C@@H](C=O)NC(=O)OC(C)(C)C)C3)ccc21. The number of nitrogens with one attached hydrogen (secondary N) is 3. The lowest BCUT2D eigenvalue weighted by atomic mass is 9.84. The number of carbonyl (C=O) groups excluding carboxylic acids is 3. The summed E-state index contributed by atoms with van der Waals surface area (Å²) in [6, 6.07) is 8.15. The first-order chi connectivity index (χ1) is 30.2. The molecule has 0 aliphatic carbocycles. The summed E-state index contributed by atoms with van der Waals surface area (Å²) in [6.07, 6.45) is 4.10. The normalized spacial score (nSPS) is 22.3. The summed E-state index contributed by atoms with van der Waals surface area (Å²) in [5.74, 6) is -0.245. The molecule has 0 saturated carbocycles. The monoisotopic (exact) mass is 875 g/mol. The number of fused-ring (bicyclic) bond motifs is 2. The third-order valence-corrected chi connectivity index (χ3v) is 12.7. The number of rotatable bonds is 15. The Morgan fingerprint density at radius 3 is 2.59 bits per heavy atom. The van der Waals surface area contributed by atoms with Crippen molar-refractivity contribution in [3.05, 3.63) is 41.7 Å². The van der Waals surface area contributed by atoms with Gasteiger partial charge in [0.05, 0.1) is 74.0 Å². The number of hydrazine groups is 1. The number of piperazine rings is 1. The fraction of sp³-hybridized carbons (Fsp3) is 0.660. The number of esters is 1. The van der Waals surface area contributed by atoms with Crippen LogP contribution in [0.4, 0.5) is 16.2 Å². The van der Waals surface area contributed by atoms with E-state index in [-0.39, 0.29) is 30.8 Å². The molecule has 4 aliphatic rings. The van der Waals surface area contributed by atoms with Gasteiger partial charge in [0, 0.05) is 93.5 Å². The van der Waals surface area contributed by atoms with E-state index in [4.69, 9.17) is 28.7 Å². The number of morpholine rings is 2. The van der Waals surface area contributed by atoms with Gasteiger partial charge in [-0.15, -0.1) is 0 Å². The van der Waals surface area contributed by atoms with Gasteiger partial charge in [-0.25, -0.2) is 10.2 Å². The number of pyridine rings is 1. The number of carbonyl (C=O) groups is 3. The van der Waals surface area contributed by atoms with Gasteiger partial charge in [-0.1, -0.05) is 13.8 Å². The molecule has 7 rings (SSSR count). The summed E-state index contributed by atoms with van der Waals surface area (Å²) in [7, 11) is 1.73. The topological polar surface area (TPSA) is 161 Å². The molecule has 0 bridgehead atoms. The molecular formula is C47H70N8O8.